The zero-order valence-corrected chi connectivity index (χ0v) is 13.1. The van der Waals surface area contributed by atoms with Gasteiger partial charge in [0, 0.05) is 11.3 Å². The van der Waals surface area contributed by atoms with Gasteiger partial charge < -0.3 is 9.73 Å². The molecule has 1 aromatic heterocycles. The van der Waals surface area contributed by atoms with Gasteiger partial charge in [0.1, 0.15) is 11.4 Å². The van der Waals surface area contributed by atoms with E-state index in [9.17, 15) is 4.79 Å². The molecule has 0 unspecified atom stereocenters. The third-order valence-corrected chi connectivity index (χ3v) is 3.67. The van der Waals surface area contributed by atoms with Gasteiger partial charge in [-0.2, -0.15) is 0 Å². The van der Waals surface area contributed by atoms with E-state index in [1.165, 1.54) is 0 Å². The molecule has 0 saturated carbocycles. The second-order valence-electron chi connectivity index (χ2n) is 5.20. The molecule has 0 aliphatic rings. The Labute approximate surface area is 133 Å². The topological polar surface area (TPSA) is 55.1 Å². The fraction of sp³-hybridized carbons (Fsp3) is 0.176. The summed E-state index contributed by atoms with van der Waals surface area (Å²) in [4.78, 5) is 16.0. The van der Waals surface area contributed by atoms with Crippen molar-refractivity contribution in [1.82, 2.24) is 4.98 Å². The number of carbonyl (C=O) groups is 1. The van der Waals surface area contributed by atoms with Gasteiger partial charge in [0.25, 0.3) is 0 Å². The Morgan fingerprint density at radius 1 is 1.23 bits per heavy atom. The van der Waals surface area contributed by atoms with E-state index in [1.807, 2.05) is 50.2 Å². The fourth-order valence-electron chi connectivity index (χ4n) is 2.23. The van der Waals surface area contributed by atoms with Crippen LogP contribution in [0.15, 0.2) is 40.8 Å². The van der Waals surface area contributed by atoms with E-state index in [0.717, 1.165) is 27.8 Å². The van der Waals surface area contributed by atoms with Crippen molar-refractivity contribution in [3.8, 4) is 11.5 Å². The van der Waals surface area contributed by atoms with Crippen LogP contribution in [-0.4, -0.2) is 16.8 Å². The minimum Gasteiger partial charge on any atom is -0.436 e. The number of aryl methyl sites for hydroxylation is 2. The first-order valence-electron chi connectivity index (χ1n) is 6.91. The Balaban J connectivity index is 2.02. The number of benzene rings is 2. The van der Waals surface area contributed by atoms with E-state index < -0.39 is 0 Å². The molecule has 2 aromatic carbocycles. The molecule has 4 nitrogen and oxygen atoms in total. The summed E-state index contributed by atoms with van der Waals surface area (Å²) >= 11 is 5.54. The van der Waals surface area contributed by atoms with E-state index in [4.69, 9.17) is 16.0 Å². The zero-order chi connectivity index (χ0) is 15.7. The molecule has 0 saturated heterocycles. The summed E-state index contributed by atoms with van der Waals surface area (Å²) in [7, 11) is 0. The molecule has 1 heterocycles. The van der Waals surface area contributed by atoms with Crippen LogP contribution in [0.2, 0.25) is 0 Å². The number of anilines is 1. The maximum atomic E-state index is 11.5. The average molecular weight is 315 g/mol. The van der Waals surface area contributed by atoms with Gasteiger partial charge >= 0.3 is 0 Å². The monoisotopic (exact) mass is 314 g/mol. The summed E-state index contributed by atoms with van der Waals surface area (Å²) < 4.78 is 5.79. The van der Waals surface area contributed by atoms with E-state index in [1.54, 1.807) is 0 Å². The number of carbonyl (C=O) groups excluding carboxylic acids is 1. The number of aromatic nitrogens is 1. The highest BCUT2D eigenvalue weighted by atomic mass is 35.5. The molecule has 0 bridgehead atoms. The maximum Gasteiger partial charge on any atom is 0.239 e. The highest BCUT2D eigenvalue weighted by Gasteiger charge is 2.11. The average Bonchev–Trinajstić information content (AvgIpc) is 2.92. The second kappa shape index (κ2) is 5.81. The predicted octanol–water partition coefficient (Wildman–Crippen LogP) is 4.29. The highest BCUT2D eigenvalue weighted by Crippen LogP contribution is 2.28. The van der Waals surface area contributed by atoms with Crippen LogP contribution < -0.4 is 5.32 Å². The van der Waals surface area contributed by atoms with Crippen molar-refractivity contribution in [3.05, 3.63) is 47.5 Å². The summed E-state index contributed by atoms with van der Waals surface area (Å²) in [6, 6.07) is 11.6. The van der Waals surface area contributed by atoms with Crippen molar-refractivity contribution in [2.24, 2.45) is 0 Å². The third kappa shape index (κ3) is 2.83. The molecule has 0 aliphatic carbocycles. The minimum atomic E-state index is -0.241. The van der Waals surface area contributed by atoms with Crippen molar-refractivity contribution >= 4 is 34.3 Å². The first kappa shape index (κ1) is 14.6. The number of oxazole rings is 1. The normalized spacial score (nSPS) is 10.9. The summed E-state index contributed by atoms with van der Waals surface area (Å²) in [5, 5.41) is 2.77. The Hall–Kier alpha value is -2.33. The van der Waals surface area contributed by atoms with Crippen molar-refractivity contribution in [1.29, 1.82) is 0 Å². The summed E-state index contributed by atoms with van der Waals surface area (Å²) in [5.41, 5.74) is 5.17. The first-order valence-corrected chi connectivity index (χ1v) is 7.44. The molecule has 3 aromatic rings. The van der Waals surface area contributed by atoms with Crippen molar-refractivity contribution in [3.63, 3.8) is 0 Å². The number of alkyl halides is 1. The van der Waals surface area contributed by atoms with Crippen LogP contribution in [0.25, 0.3) is 22.6 Å². The standard InChI is InChI=1S/C17H15ClN2O2/c1-10-3-6-15-14(7-10)20-17(22-15)12-5-4-11(2)13(8-12)19-16(21)9-18/h3-8H,9H2,1-2H3,(H,19,21). The van der Waals surface area contributed by atoms with E-state index >= 15 is 0 Å². The largest absolute Gasteiger partial charge is 0.436 e. The molecular formula is C17H15ClN2O2. The molecule has 5 heteroatoms. The lowest BCUT2D eigenvalue weighted by molar-refractivity contribution is -0.113. The van der Waals surface area contributed by atoms with Gasteiger partial charge in [-0.15, -0.1) is 11.6 Å². The predicted molar refractivity (Wildman–Crippen MR) is 88.3 cm³/mol. The smallest absolute Gasteiger partial charge is 0.239 e. The Morgan fingerprint density at radius 3 is 2.82 bits per heavy atom. The second-order valence-corrected chi connectivity index (χ2v) is 5.47. The summed E-state index contributed by atoms with van der Waals surface area (Å²) in [6.45, 7) is 3.93. The van der Waals surface area contributed by atoms with Gasteiger partial charge in [-0.3, -0.25) is 4.79 Å². The van der Waals surface area contributed by atoms with Crippen molar-refractivity contribution in [2.75, 3.05) is 11.2 Å². The fourth-order valence-corrected chi connectivity index (χ4v) is 2.30. The van der Waals surface area contributed by atoms with Gasteiger partial charge in [-0.05, 0) is 49.2 Å². The Morgan fingerprint density at radius 2 is 2.05 bits per heavy atom. The highest BCUT2D eigenvalue weighted by molar-refractivity contribution is 6.29. The van der Waals surface area contributed by atoms with Crippen LogP contribution in [0.4, 0.5) is 5.69 Å². The lowest BCUT2D eigenvalue weighted by Crippen LogP contribution is -2.13. The molecule has 0 fully saturated rings. The number of amides is 1. The van der Waals surface area contributed by atoms with Crippen LogP contribution in [0.1, 0.15) is 11.1 Å². The molecule has 0 spiro atoms. The number of nitrogens with zero attached hydrogens (tertiary/aromatic N) is 1. The summed E-state index contributed by atoms with van der Waals surface area (Å²) in [6.07, 6.45) is 0. The molecule has 3 rings (SSSR count). The molecule has 0 aliphatic heterocycles. The number of nitrogens with one attached hydrogen (secondary N) is 1. The minimum absolute atomic E-state index is 0.0775. The molecular weight excluding hydrogens is 300 g/mol. The van der Waals surface area contributed by atoms with Crippen molar-refractivity contribution in [2.45, 2.75) is 13.8 Å². The summed E-state index contributed by atoms with van der Waals surface area (Å²) in [5.74, 6) is 0.211. The third-order valence-electron chi connectivity index (χ3n) is 3.42. The molecule has 0 atom stereocenters. The van der Waals surface area contributed by atoms with Crippen LogP contribution >= 0.6 is 11.6 Å². The Bertz CT molecular complexity index is 855. The van der Waals surface area contributed by atoms with E-state index in [-0.39, 0.29) is 11.8 Å². The van der Waals surface area contributed by atoms with Crippen LogP contribution in [0.3, 0.4) is 0 Å². The number of rotatable bonds is 3. The lowest BCUT2D eigenvalue weighted by atomic mass is 10.1. The van der Waals surface area contributed by atoms with Gasteiger partial charge in [-0.1, -0.05) is 12.1 Å². The number of hydrogen-bond donors (Lipinski definition) is 1. The first-order chi connectivity index (χ1) is 10.6. The van der Waals surface area contributed by atoms with E-state index in [0.29, 0.717) is 11.6 Å². The van der Waals surface area contributed by atoms with Gasteiger partial charge in [0.05, 0.1) is 0 Å². The molecule has 0 radical (unpaired) electrons. The molecule has 22 heavy (non-hydrogen) atoms. The molecule has 112 valence electrons. The van der Waals surface area contributed by atoms with Gasteiger partial charge in [0.2, 0.25) is 11.8 Å². The quantitative estimate of drug-likeness (QED) is 0.734. The van der Waals surface area contributed by atoms with Crippen LogP contribution in [0, 0.1) is 13.8 Å². The van der Waals surface area contributed by atoms with Gasteiger partial charge in [-0.25, -0.2) is 4.98 Å². The lowest BCUT2D eigenvalue weighted by Gasteiger charge is -2.08. The van der Waals surface area contributed by atoms with Gasteiger partial charge in [0.15, 0.2) is 5.58 Å². The number of fused-ring (bicyclic) bond motifs is 1. The number of halogens is 1. The SMILES string of the molecule is Cc1ccc2oc(-c3ccc(C)c(NC(=O)CCl)c3)nc2c1. The van der Waals surface area contributed by atoms with Crippen LogP contribution in [-0.2, 0) is 4.79 Å². The maximum absolute atomic E-state index is 11.5. The van der Waals surface area contributed by atoms with Crippen LogP contribution in [0.5, 0.6) is 0 Å². The zero-order valence-electron chi connectivity index (χ0n) is 12.3. The van der Waals surface area contributed by atoms with Crippen molar-refractivity contribution < 1.29 is 9.21 Å². The Kier molecular flexibility index (Phi) is 3.86. The molecule has 1 N–H and O–H groups in total. The molecule has 1 amide bonds. The number of hydrogen-bond acceptors (Lipinski definition) is 3. The van der Waals surface area contributed by atoms with E-state index in [2.05, 4.69) is 10.3 Å².